The number of hydrogen-bond acceptors (Lipinski definition) is 2. The molecule has 1 unspecified atom stereocenters. The standard InChI is InChI=1S/C16H15Cl3O2/c1-9-3-4-10(2)12(5-9)15(20)8-21-16-13(18)6-11(17)7-14(16)19/h3-7,15,20H,8H2,1-2H3. The quantitative estimate of drug-likeness (QED) is 0.806. The molecule has 0 saturated carbocycles. The Kier molecular flexibility index (Phi) is 5.39. The van der Waals surface area contributed by atoms with Crippen LogP contribution >= 0.6 is 34.8 Å². The van der Waals surface area contributed by atoms with Crippen molar-refractivity contribution in [3.63, 3.8) is 0 Å². The second-order valence-electron chi connectivity index (χ2n) is 4.89. The summed E-state index contributed by atoms with van der Waals surface area (Å²) in [6.07, 6.45) is -0.757. The fourth-order valence-corrected chi connectivity index (χ4v) is 2.96. The highest BCUT2D eigenvalue weighted by Gasteiger charge is 2.15. The third kappa shape index (κ3) is 4.04. The van der Waals surface area contributed by atoms with Gasteiger partial charge in [0.25, 0.3) is 0 Å². The van der Waals surface area contributed by atoms with Crippen molar-refractivity contribution in [2.24, 2.45) is 0 Å². The molecule has 112 valence electrons. The van der Waals surface area contributed by atoms with Crippen molar-refractivity contribution in [1.29, 1.82) is 0 Å². The van der Waals surface area contributed by atoms with Crippen molar-refractivity contribution in [3.8, 4) is 5.75 Å². The average molecular weight is 346 g/mol. The Balaban J connectivity index is 2.15. The maximum atomic E-state index is 10.3. The Morgan fingerprint density at radius 2 is 1.67 bits per heavy atom. The van der Waals surface area contributed by atoms with Gasteiger partial charge in [0.05, 0.1) is 10.0 Å². The molecule has 5 heteroatoms. The summed E-state index contributed by atoms with van der Waals surface area (Å²) in [5.74, 6) is 0.326. The zero-order valence-electron chi connectivity index (χ0n) is 11.7. The molecule has 1 N–H and O–H groups in total. The van der Waals surface area contributed by atoms with E-state index in [1.807, 2.05) is 32.0 Å². The molecule has 2 aromatic carbocycles. The first-order chi connectivity index (χ1) is 9.88. The van der Waals surface area contributed by atoms with Crippen molar-refractivity contribution >= 4 is 34.8 Å². The van der Waals surface area contributed by atoms with E-state index in [1.165, 1.54) is 0 Å². The van der Waals surface area contributed by atoms with E-state index in [-0.39, 0.29) is 6.61 Å². The smallest absolute Gasteiger partial charge is 0.156 e. The Morgan fingerprint density at radius 1 is 1.05 bits per heavy atom. The van der Waals surface area contributed by atoms with Gasteiger partial charge in [-0.25, -0.2) is 0 Å². The third-order valence-electron chi connectivity index (χ3n) is 3.14. The van der Waals surface area contributed by atoms with E-state index in [4.69, 9.17) is 39.5 Å². The van der Waals surface area contributed by atoms with Gasteiger partial charge in [0.15, 0.2) is 5.75 Å². The van der Waals surface area contributed by atoms with Gasteiger partial charge in [0, 0.05) is 5.02 Å². The maximum Gasteiger partial charge on any atom is 0.156 e. The molecular formula is C16H15Cl3O2. The molecule has 0 amide bonds. The number of benzene rings is 2. The predicted molar refractivity (Wildman–Crippen MR) is 87.8 cm³/mol. The molecule has 0 aliphatic rings. The molecular weight excluding hydrogens is 331 g/mol. The molecule has 0 aliphatic carbocycles. The fraction of sp³-hybridized carbons (Fsp3) is 0.250. The first kappa shape index (κ1) is 16.4. The van der Waals surface area contributed by atoms with E-state index in [2.05, 4.69) is 0 Å². The van der Waals surface area contributed by atoms with Crippen molar-refractivity contribution < 1.29 is 9.84 Å². The summed E-state index contributed by atoms with van der Waals surface area (Å²) >= 11 is 17.9. The van der Waals surface area contributed by atoms with Gasteiger partial charge in [-0.3, -0.25) is 0 Å². The highest BCUT2D eigenvalue weighted by Crippen LogP contribution is 2.36. The van der Waals surface area contributed by atoms with E-state index in [9.17, 15) is 5.11 Å². The minimum absolute atomic E-state index is 0.0609. The van der Waals surface area contributed by atoms with Crippen molar-refractivity contribution in [3.05, 3.63) is 62.1 Å². The molecule has 0 radical (unpaired) electrons. The third-order valence-corrected chi connectivity index (χ3v) is 3.92. The van der Waals surface area contributed by atoms with Gasteiger partial charge in [-0.05, 0) is 37.1 Å². The normalized spacial score (nSPS) is 12.3. The van der Waals surface area contributed by atoms with E-state index < -0.39 is 6.10 Å². The Morgan fingerprint density at radius 3 is 2.29 bits per heavy atom. The van der Waals surface area contributed by atoms with Crippen LogP contribution in [0.25, 0.3) is 0 Å². The first-order valence-electron chi connectivity index (χ1n) is 6.41. The zero-order valence-corrected chi connectivity index (χ0v) is 13.9. The lowest BCUT2D eigenvalue weighted by Gasteiger charge is -2.17. The average Bonchev–Trinajstić information content (AvgIpc) is 2.40. The number of rotatable bonds is 4. The van der Waals surface area contributed by atoms with Crippen LogP contribution in [0.2, 0.25) is 15.1 Å². The minimum Gasteiger partial charge on any atom is -0.487 e. The molecule has 2 rings (SSSR count). The summed E-state index contributed by atoms with van der Waals surface area (Å²) in [6.45, 7) is 3.98. The number of hydrogen-bond donors (Lipinski definition) is 1. The molecule has 0 fully saturated rings. The number of aryl methyl sites for hydroxylation is 2. The van der Waals surface area contributed by atoms with Gasteiger partial charge in [0.2, 0.25) is 0 Å². The highest BCUT2D eigenvalue weighted by molar-refractivity contribution is 6.40. The van der Waals surface area contributed by atoms with Gasteiger partial charge < -0.3 is 9.84 Å². The molecule has 0 heterocycles. The van der Waals surface area contributed by atoms with Crippen LogP contribution in [0.1, 0.15) is 22.8 Å². The molecule has 0 aliphatic heterocycles. The Hall–Kier alpha value is -0.930. The van der Waals surface area contributed by atoms with Gasteiger partial charge >= 0.3 is 0 Å². The molecule has 0 saturated heterocycles. The summed E-state index contributed by atoms with van der Waals surface area (Å²) in [5.41, 5.74) is 2.92. The second-order valence-corrected chi connectivity index (χ2v) is 6.14. The van der Waals surface area contributed by atoms with Crippen LogP contribution in [0.4, 0.5) is 0 Å². The van der Waals surface area contributed by atoms with Crippen LogP contribution in [0.3, 0.4) is 0 Å². The molecule has 2 aromatic rings. The molecule has 2 nitrogen and oxygen atoms in total. The Labute approximate surface area is 139 Å². The van der Waals surface area contributed by atoms with Crippen LogP contribution in [0.5, 0.6) is 5.75 Å². The van der Waals surface area contributed by atoms with Gasteiger partial charge in [0.1, 0.15) is 12.7 Å². The van der Waals surface area contributed by atoms with Crippen LogP contribution in [0, 0.1) is 13.8 Å². The molecule has 1 atom stereocenters. The van der Waals surface area contributed by atoms with Crippen molar-refractivity contribution in [1.82, 2.24) is 0 Å². The van der Waals surface area contributed by atoms with Crippen molar-refractivity contribution in [2.75, 3.05) is 6.61 Å². The number of halogens is 3. The van der Waals surface area contributed by atoms with Crippen molar-refractivity contribution in [2.45, 2.75) is 20.0 Å². The molecule has 21 heavy (non-hydrogen) atoms. The lowest BCUT2D eigenvalue weighted by atomic mass is 10.0. The largest absolute Gasteiger partial charge is 0.487 e. The number of ether oxygens (including phenoxy) is 1. The van der Waals surface area contributed by atoms with Gasteiger partial charge in [-0.2, -0.15) is 0 Å². The first-order valence-corrected chi connectivity index (χ1v) is 7.54. The summed E-state index contributed by atoms with van der Waals surface area (Å²) < 4.78 is 5.56. The molecule has 0 aromatic heterocycles. The topological polar surface area (TPSA) is 29.5 Å². The van der Waals surface area contributed by atoms with E-state index in [0.29, 0.717) is 20.8 Å². The van der Waals surface area contributed by atoms with Crippen LogP contribution < -0.4 is 4.74 Å². The van der Waals surface area contributed by atoms with E-state index in [1.54, 1.807) is 12.1 Å². The summed E-state index contributed by atoms with van der Waals surface area (Å²) in [4.78, 5) is 0. The van der Waals surface area contributed by atoms with Gasteiger partial charge in [-0.1, -0.05) is 58.6 Å². The molecule has 0 bridgehead atoms. The van der Waals surface area contributed by atoms with E-state index >= 15 is 0 Å². The van der Waals surface area contributed by atoms with E-state index in [0.717, 1.165) is 16.7 Å². The second kappa shape index (κ2) is 6.89. The summed E-state index contributed by atoms with van der Waals surface area (Å²) in [7, 11) is 0. The summed E-state index contributed by atoms with van der Waals surface area (Å²) in [6, 6.07) is 9.01. The predicted octanol–water partition coefficient (Wildman–Crippen LogP) is 5.38. The molecule has 0 spiro atoms. The van der Waals surface area contributed by atoms with Crippen LogP contribution in [-0.2, 0) is 0 Å². The summed E-state index contributed by atoms with van der Waals surface area (Å²) in [5, 5.41) is 11.4. The van der Waals surface area contributed by atoms with Gasteiger partial charge in [-0.15, -0.1) is 0 Å². The Bertz CT molecular complexity index is 633. The highest BCUT2D eigenvalue weighted by atomic mass is 35.5. The lowest BCUT2D eigenvalue weighted by molar-refractivity contribution is 0.108. The maximum absolute atomic E-state index is 10.3. The SMILES string of the molecule is Cc1ccc(C)c(C(O)COc2c(Cl)cc(Cl)cc2Cl)c1. The zero-order chi connectivity index (χ0) is 15.6. The van der Waals surface area contributed by atoms with Crippen LogP contribution in [0.15, 0.2) is 30.3 Å². The lowest BCUT2D eigenvalue weighted by Crippen LogP contribution is -2.11. The van der Waals surface area contributed by atoms with Crippen LogP contribution in [-0.4, -0.2) is 11.7 Å². The minimum atomic E-state index is -0.757. The number of aliphatic hydroxyl groups excluding tert-OH is 1. The fourth-order valence-electron chi connectivity index (χ4n) is 2.04. The monoisotopic (exact) mass is 344 g/mol. The number of aliphatic hydroxyl groups is 1.